The summed E-state index contributed by atoms with van der Waals surface area (Å²) in [6.45, 7) is -0.143. The second kappa shape index (κ2) is 15.0. The lowest BCUT2D eigenvalue weighted by Crippen LogP contribution is -2.68. The number of para-hydroxylation sites is 3. The first kappa shape index (κ1) is 37.6. The van der Waals surface area contributed by atoms with Crippen molar-refractivity contribution >= 4 is 87.4 Å². The molecule has 1 spiro atoms. The van der Waals surface area contributed by atoms with Crippen molar-refractivity contribution in [3.63, 3.8) is 0 Å². The van der Waals surface area contributed by atoms with Gasteiger partial charge in [0.1, 0.15) is 17.2 Å². The molecule has 0 aliphatic carbocycles. The number of ether oxygens (including phenoxy) is 1. The van der Waals surface area contributed by atoms with E-state index in [1.54, 1.807) is 0 Å². The largest absolute Gasteiger partial charge is 0.560 e. The summed E-state index contributed by atoms with van der Waals surface area (Å²) < 4.78 is 12.9. The molecule has 1 N–H and O–H groups in total. The highest BCUT2D eigenvalue weighted by molar-refractivity contribution is 6.99. The molecule has 9 aromatic carbocycles. The molecule has 63 heavy (non-hydrogen) atoms. The summed E-state index contributed by atoms with van der Waals surface area (Å²) in [6, 6.07) is 75.7. The Labute approximate surface area is 373 Å². The van der Waals surface area contributed by atoms with Crippen molar-refractivity contribution in [1.29, 1.82) is 0 Å². The van der Waals surface area contributed by atoms with Gasteiger partial charge in [-0.2, -0.15) is 0 Å². The Hall–Kier alpha value is -7.18. The Morgan fingerprint density at radius 1 is 0.460 bits per heavy atom. The van der Waals surface area contributed by atoms with Crippen LogP contribution in [-0.2, 0) is 5.41 Å². The highest BCUT2D eigenvalue weighted by Crippen LogP contribution is 2.49. The third-order valence-electron chi connectivity index (χ3n) is 13.2. The molecular formula is C55H37B3ClNO3. The van der Waals surface area contributed by atoms with Gasteiger partial charge in [-0.1, -0.05) is 180 Å². The van der Waals surface area contributed by atoms with Gasteiger partial charge in [0.2, 0.25) is 6.71 Å². The number of hydrogen-bond donors (Lipinski definition) is 1. The number of fused-ring (bicyclic) bond motifs is 10. The minimum Gasteiger partial charge on any atom is -0.532 e. The SMILES string of the molecule is OB(Oc1ccc(B2c3ccccc3C3(c4ccccc4B4c5ccccc5Oc5cccc3c54)c3cccc(Cl)c32)cc1)c1ccc(N(c2ccccc2)c2ccccc2)cc1. The minimum absolute atomic E-state index is 0.0228. The molecule has 8 heteroatoms. The van der Waals surface area contributed by atoms with E-state index in [0.29, 0.717) is 11.2 Å². The first-order valence-electron chi connectivity index (χ1n) is 21.4. The number of hydrogen-bond acceptors (Lipinski definition) is 4. The van der Waals surface area contributed by atoms with Crippen LogP contribution in [0.1, 0.15) is 22.3 Å². The summed E-state index contributed by atoms with van der Waals surface area (Å²) in [5.74, 6) is 2.36. The smallest absolute Gasteiger partial charge is 0.532 e. The molecule has 0 bridgehead atoms. The molecular weight excluding hydrogens is 790 g/mol. The molecule has 4 nitrogen and oxygen atoms in total. The van der Waals surface area contributed by atoms with Crippen molar-refractivity contribution in [1.82, 2.24) is 0 Å². The highest BCUT2D eigenvalue weighted by atomic mass is 35.5. The van der Waals surface area contributed by atoms with Gasteiger partial charge in [-0.15, -0.1) is 0 Å². The molecule has 0 amide bonds. The molecule has 0 saturated heterocycles. The fourth-order valence-electron chi connectivity index (χ4n) is 10.7. The van der Waals surface area contributed by atoms with Crippen LogP contribution in [0.4, 0.5) is 17.1 Å². The van der Waals surface area contributed by atoms with Crippen LogP contribution < -0.4 is 52.5 Å². The molecule has 3 aliphatic heterocycles. The standard InChI is InChI=1S/C55H37B3ClNO3/c59-50-26-13-21-45-53(50)56(37-31-35-42(36-32-37)63-58(61)38-29-33-41(34-30-38)60(39-15-3-1-4-16-39)40-17-5-2-6-18-40)47-23-9-7-19-43(47)55(45)44-20-8-10-24-48(44)57-49-25-11-12-27-51(49)62-52-28-14-22-46(55)54(52)57/h1-36,61H. The molecule has 296 valence electrons. The van der Waals surface area contributed by atoms with Crippen LogP contribution in [0, 0.1) is 0 Å². The fraction of sp³-hybridized carbons (Fsp3) is 0.0182. The van der Waals surface area contributed by atoms with Crippen molar-refractivity contribution in [2.24, 2.45) is 0 Å². The van der Waals surface area contributed by atoms with E-state index < -0.39 is 12.5 Å². The van der Waals surface area contributed by atoms with Crippen LogP contribution in [0.15, 0.2) is 218 Å². The maximum atomic E-state index is 11.4. The number of nitrogens with zero attached hydrogens (tertiary/aromatic N) is 1. The second-order valence-electron chi connectivity index (χ2n) is 16.5. The van der Waals surface area contributed by atoms with Crippen LogP contribution >= 0.6 is 11.6 Å². The molecule has 0 aromatic heterocycles. The van der Waals surface area contributed by atoms with Crippen molar-refractivity contribution < 1.29 is 14.4 Å². The summed E-state index contributed by atoms with van der Waals surface area (Å²) in [6.07, 6.45) is 0. The van der Waals surface area contributed by atoms with Gasteiger partial charge in [0.25, 0.3) is 6.71 Å². The van der Waals surface area contributed by atoms with E-state index in [1.807, 2.05) is 84.9 Å². The topological polar surface area (TPSA) is 41.9 Å². The number of benzene rings is 9. The van der Waals surface area contributed by atoms with Gasteiger partial charge in [0.05, 0.1) is 5.41 Å². The molecule has 3 heterocycles. The number of anilines is 3. The predicted molar refractivity (Wildman–Crippen MR) is 261 cm³/mol. The van der Waals surface area contributed by atoms with Crippen LogP contribution in [-0.4, -0.2) is 25.6 Å². The quantitative estimate of drug-likeness (QED) is 0.167. The molecule has 9 aromatic rings. The van der Waals surface area contributed by atoms with E-state index in [-0.39, 0.29) is 13.4 Å². The Morgan fingerprint density at radius 3 is 1.63 bits per heavy atom. The van der Waals surface area contributed by atoms with Crippen LogP contribution in [0.5, 0.6) is 17.2 Å². The third-order valence-corrected chi connectivity index (χ3v) is 13.6. The molecule has 0 saturated carbocycles. The molecule has 1 unspecified atom stereocenters. The summed E-state index contributed by atoms with van der Waals surface area (Å²) in [7, 11) is -1.17. The maximum absolute atomic E-state index is 11.4. The zero-order chi connectivity index (χ0) is 42.1. The van der Waals surface area contributed by atoms with Crippen molar-refractivity contribution in [2.45, 2.75) is 5.41 Å². The summed E-state index contributed by atoms with van der Waals surface area (Å²) in [5, 5.41) is 12.1. The van der Waals surface area contributed by atoms with E-state index in [2.05, 4.69) is 138 Å². The van der Waals surface area contributed by atoms with Crippen LogP contribution in [0.3, 0.4) is 0 Å². The van der Waals surface area contributed by atoms with E-state index in [0.717, 1.165) is 50.1 Å². The summed E-state index contributed by atoms with van der Waals surface area (Å²) >= 11 is 7.46. The second-order valence-corrected chi connectivity index (χ2v) is 16.9. The van der Waals surface area contributed by atoms with E-state index in [9.17, 15) is 5.02 Å². The van der Waals surface area contributed by atoms with Gasteiger partial charge in [-0.3, -0.25) is 0 Å². The molecule has 3 aliphatic rings. The van der Waals surface area contributed by atoms with Gasteiger partial charge < -0.3 is 19.3 Å². The molecule has 12 rings (SSSR count). The highest BCUT2D eigenvalue weighted by Gasteiger charge is 2.55. The monoisotopic (exact) mass is 827 g/mol. The first-order chi connectivity index (χ1) is 31.1. The number of halogens is 1. The zero-order valence-electron chi connectivity index (χ0n) is 34.1. The Balaban J connectivity index is 0.915. The maximum Gasteiger partial charge on any atom is 0.560 e. The van der Waals surface area contributed by atoms with Crippen molar-refractivity contribution in [2.75, 3.05) is 4.90 Å². The first-order valence-corrected chi connectivity index (χ1v) is 21.8. The lowest BCUT2D eigenvalue weighted by atomic mass is 9.26. The van der Waals surface area contributed by atoms with Gasteiger partial charge in [0, 0.05) is 22.1 Å². The summed E-state index contributed by atoms with van der Waals surface area (Å²) in [5.41, 5.74) is 14.9. The molecule has 0 radical (unpaired) electrons. The van der Waals surface area contributed by atoms with Crippen LogP contribution in [0.25, 0.3) is 0 Å². The fourth-order valence-corrected chi connectivity index (χ4v) is 11.0. The Bertz CT molecular complexity index is 3150. The van der Waals surface area contributed by atoms with Gasteiger partial charge >= 0.3 is 7.12 Å². The number of rotatable bonds is 7. The average molecular weight is 828 g/mol. The third kappa shape index (κ3) is 5.84. The zero-order valence-corrected chi connectivity index (χ0v) is 34.9. The van der Waals surface area contributed by atoms with E-state index >= 15 is 0 Å². The lowest BCUT2D eigenvalue weighted by Gasteiger charge is -2.50. The van der Waals surface area contributed by atoms with Crippen molar-refractivity contribution in [3.05, 3.63) is 246 Å². The van der Waals surface area contributed by atoms with E-state index in [1.165, 1.54) is 38.5 Å². The Morgan fingerprint density at radius 2 is 0.968 bits per heavy atom. The summed E-state index contributed by atoms with van der Waals surface area (Å²) in [4.78, 5) is 2.19. The molecule has 1 atom stereocenters. The predicted octanol–water partition coefficient (Wildman–Crippen LogP) is 7.72. The van der Waals surface area contributed by atoms with Crippen molar-refractivity contribution in [3.8, 4) is 17.2 Å². The minimum atomic E-state index is -1.17. The normalized spacial score (nSPS) is 15.0. The van der Waals surface area contributed by atoms with E-state index in [4.69, 9.17) is 21.0 Å². The average Bonchev–Trinajstić information content (AvgIpc) is 3.34. The van der Waals surface area contributed by atoms with Crippen LogP contribution in [0.2, 0.25) is 5.02 Å². The van der Waals surface area contributed by atoms with Gasteiger partial charge in [-0.05, 0) is 111 Å². The molecule has 0 fully saturated rings. The van der Waals surface area contributed by atoms with Gasteiger partial charge in [-0.25, -0.2) is 0 Å². The van der Waals surface area contributed by atoms with Gasteiger partial charge in [0.15, 0.2) is 0 Å². The lowest BCUT2D eigenvalue weighted by molar-refractivity contribution is 0.433. The Kier molecular flexibility index (Phi) is 8.96.